The highest BCUT2D eigenvalue weighted by Gasteiger charge is 2.08. The Kier molecular flexibility index (Phi) is 5.01. The minimum Gasteiger partial charge on any atom is -0.323 e. The van der Waals surface area contributed by atoms with Crippen LogP contribution in [-0.4, -0.2) is 31.4 Å². The number of nitrogens with zero attached hydrogens (tertiary/aromatic N) is 4. The molecule has 0 amide bonds. The Morgan fingerprint density at radius 3 is 1.57 bits per heavy atom. The van der Waals surface area contributed by atoms with E-state index in [4.69, 9.17) is 0 Å². The maximum atomic E-state index is 4.51. The fraction of sp³-hybridized carbons (Fsp3) is 0.200. The van der Waals surface area contributed by atoms with Crippen LogP contribution in [0.4, 0.5) is 11.9 Å². The molecule has 4 aromatic rings. The highest BCUT2D eigenvalue weighted by Crippen LogP contribution is 2.14. The average Bonchev–Trinajstić information content (AvgIpc) is 3.33. The van der Waals surface area contributed by atoms with Crippen LogP contribution in [0.2, 0.25) is 0 Å². The highest BCUT2D eigenvalue weighted by atomic mass is 15.4. The maximum absolute atomic E-state index is 4.51. The van der Waals surface area contributed by atoms with Crippen LogP contribution < -0.4 is 10.9 Å². The van der Waals surface area contributed by atoms with Crippen LogP contribution in [0.25, 0.3) is 22.1 Å². The van der Waals surface area contributed by atoms with Crippen LogP contribution in [0, 0.1) is 0 Å². The van der Waals surface area contributed by atoms with Gasteiger partial charge in [-0.25, -0.2) is 20.8 Å². The van der Waals surface area contributed by atoms with E-state index in [9.17, 15) is 0 Å². The third-order valence-corrected chi connectivity index (χ3v) is 4.38. The van der Waals surface area contributed by atoms with Gasteiger partial charge >= 0.3 is 0 Å². The van der Waals surface area contributed by atoms with Crippen molar-refractivity contribution in [1.82, 2.24) is 19.9 Å². The summed E-state index contributed by atoms with van der Waals surface area (Å²) in [5.74, 6) is 1.21. The van der Waals surface area contributed by atoms with Crippen LogP contribution in [-0.2, 0) is 0 Å². The van der Waals surface area contributed by atoms with Gasteiger partial charge in [-0.05, 0) is 37.1 Å². The van der Waals surface area contributed by atoms with E-state index in [0.717, 1.165) is 46.3 Å². The van der Waals surface area contributed by atoms with Gasteiger partial charge in [0.25, 0.3) is 0 Å². The van der Waals surface area contributed by atoms with Gasteiger partial charge in [-0.1, -0.05) is 38.1 Å². The van der Waals surface area contributed by atoms with E-state index in [0.29, 0.717) is 11.9 Å². The summed E-state index contributed by atoms with van der Waals surface area (Å²) in [7, 11) is 0. The molecule has 0 saturated carbocycles. The number of para-hydroxylation sites is 4. The first-order valence-corrected chi connectivity index (χ1v) is 9.31. The first-order valence-electron chi connectivity index (χ1n) is 9.31. The standard InChI is InChI=1S/C20H22N8/c1-3-13(25-27-19-21-15-9-5-6-10-16(15)22-19)14(4-2)26-28-20-23-17-11-7-8-12-18(17)24-20/h5-12H,3-4H2,1-2H3,(H2,21,22,27)(H2,23,24,28). The minimum atomic E-state index is 0.604. The van der Waals surface area contributed by atoms with Crippen LogP contribution in [0.3, 0.4) is 0 Å². The zero-order valence-corrected chi connectivity index (χ0v) is 15.8. The molecule has 0 unspecified atom stereocenters. The van der Waals surface area contributed by atoms with Gasteiger partial charge in [0.15, 0.2) is 0 Å². The monoisotopic (exact) mass is 374 g/mol. The summed E-state index contributed by atoms with van der Waals surface area (Å²) in [6.45, 7) is 4.09. The van der Waals surface area contributed by atoms with E-state index in [2.05, 4.69) is 41.0 Å². The first kappa shape index (κ1) is 17.7. The van der Waals surface area contributed by atoms with Crippen molar-refractivity contribution in [1.29, 1.82) is 0 Å². The third kappa shape index (κ3) is 3.71. The molecule has 28 heavy (non-hydrogen) atoms. The van der Waals surface area contributed by atoms with Gasteiger partial charge in [-0.15, -0.1) is 0 Å². The summed E-state index contributed by atoms with van der Waals surface area (Å²) >= 11 is 0. The second kappa shape index (κ2) is 7.91. The Morgan fingerprint density at radius 1 is 0.750 bits per heavy atom. The topological polar surface area (TPSA) is 106 Å². The summed E-state index contributed by atoms with van der Waals surface area (Å²) in [5, 5.41) is 9.01. The Bertz CT molecular complexity index is 993. The molecule has 0 saturated heterocycles. The lowest BCUT2D eigenvalue weighted by atomic mass is 10.1. The first-order chi connectivity index (χ1) is 13.8. The Hall–Kier alpha value is -3.68. The molecular formula is C20H22N8. The molecule has 2 aromatic carbocycles. The number of nitrogens with one attached hydrogen (secondary N) is 4. The van der Waals surface area contributed by atoms with E-state index >= 15 is 0 Å². The average molecular weight is 374 g/mol. The van der Waals surface area contributed by atoms with Crippen molar-refractivity contribution in [3.63, 3.8) is 0 Å². The van der Waals surface area contributed by atoms with Gasteiger partial charge in [-0.3, -0.25) is 0 Å². The summed E-state index contributed by atoms with van der Waals surface area (Å²) in [5.41, 5.74) is 11.5. The molecule has 8 heteroatoms. The number of aromatic nitrogens is 4. The molecule has 0 aliphatic carbocycles. The van der Waals surface area contributed by atoms with E-state index in [1.165, 1.54) is 0 Å². The molecule has 8 nitrogen and oxygen atoms in total. The molecule has 142 valence electrons. The number of rotatable bonds is 7. The lowest BCUT2D eigenvalue weighted by Gasteiger charge is -2.06. The van der Waals surface area contributed by atoms with Crippen molar-refractivity contribution >= 4 is 45.4 Å². The minimum absolute atomic E-state index is 0.604. The molecule has 0 bridgehead atoms. The van der Waals surface area contributed by atoms with Crippen LogP contribution in [0.15, 0.2) is 58.7 Å². The maximum Gasteiger partial charge on any atom is 0.222 e. The molecule has 0 fully saturated rings. The van der Waals surface area contributed by atoms with Gasteiger partial charge in [0, 0.05) is 0 Å². The summed E-state index contributed by atoms with van der Waals surface area (Å²) in [6.07, 6.45) is 1.48. The van der Waals surface area contributed by atoms with Crippen molar-refractivity contribution in [3.05, 3.63) is 48.5 Å². The summed E-state index contributed by atoms with van der Waals surface area (Å²) < 4.78 is 0. The SMILES string of the molecule is CCC(=NNc1nc2ccccc2[nH]1)C(CC)=NNc1nc2ccccc2[nH]1. The molecule has 0 atom stereocenters. The fourth-order valence-corrected chi connectivity index (χ4v) is 2.95. The van der Waals surface area contributed by atoms with Gasteiger partial charge < -0.3 is 9.97 Å². The second-order valence-corrected chi connectivity index (χ2v) is 6.25. The molecule has 0 radical (unpaired) electrons. The highest BCUT2D eigenvalue weighted by molar-refractivity contribution is 6.42. The van der Waals surface area contributed by atoms with Gasteiger partial charge in [0.2, 0.25) is 11.9 Å². The zero-order chi connectivity index (χ0) is 19.3. The van der Waals surface area contributed by atoms with Crippen molar-refractivity contribution in [2.75, 3.05) is 10.9 Å². The van der Waals surface area contributed by atoms with Gasteiger partial charge in [0.05, 0.1) is 33.5 Å². The van der Waals surface area contributed by atoms with E-state index in [1.807, 2.05) is 62.4 Å². The Morgan fingerprint density at radius 2 is 1.18 bits per heavy atom. The number of H-pyrrole nitrogens is 2. The largest absolute Gasteiger partial charge is 0.323 e. The quantitative estimate of drug-likeness (QED) is 0.282. The number of hydrazone groups is 2. The fourth-order valence-electron chi connectivity index (χ4n) is 2.95. The van der Waals surface area contributed by atoms with E-state index in [1.54, 1.807) is 0 Å². The Balaban J connectivity index is 1.51. The second-order valence-electron chi connectivity index (χ2n) is 6.25. The molecule has 2 heterocycles. The summed E-state index contributed by atoms with van der Waals surface area (Å²) in [4.78, 5) is 15.4. The normalized spacial score (nSPS) is 12.6. The number of hydrogen-bond acceptors (Lipinski definition) is 6. The van der Waals surface area contributed by atoms with Crippen molar-refractivity contribution < 1.29 is 0 Å². The lowest BCUT2D eigenvalue weighted by Crippen LogP contribution is -2.16. The predicted octanol–water partition coefficient (Wildman–Crippen LogP) is 4.50. The molecular weight excluding hydrogens is 352 g/mol. The van der Waals surface area contributed by atoms with Crippen LogP contribution in [0.1, 0.15) is 26.7 Å². The van der Waals surface area contributed by atoms with Crippen LogP contribution >= 0.6 is 0 Å². The number of benzene rings is 2. The molecule has 0 aliphatic heterocycles. The summed E-state index contributed by atoms with van der Waals surface area (Å²) in [6, 6.07) is 15.7. The van der Waals surface area contributed by atoms with E-state index in [-0.39, 0.29) is 0 Å². The number of fused-ring (bicyclic) bond motifs is 2. The zero-order valence-electron chi connectivity index (χ0n) is 15.8. The Labute approximate surface area is 162 Å². The molecule has 4 rings (SSSR count). The molecule has 0 spiro atoms. The van der Waals surface area contributed by atoms with Crippen molar-refractivity contribution in [2.24, 2.45) is 10.2 Å². The molecule has 0 aliphatic rings. The predicted molar refractivity (Wildman–Crippen MR) is 115 cm³/mol. The van der Waals surface area contributed by atoms with Crippen molar-refractivity contribution in [3.8, 4) is 0 Å². The molecule has 4 N–H and O–H groups in total. The van der Waals surface area contributed by atoms with Crippen LogP contribution in [0.5, 0.6) is 0 Å². The lowest BCUT2D eigenvalue weighted by molar-refractivity contribution is 1.15. The number of aromatic amines is 2. The number of hydrogen-bond donors (Lipinski definition) is 4. The van der Waals surface area contributed by atoms with Gasteiger partial charge in [0.1, 0.15) is 0 Å². The third-order valence-electron chi connectivity index (χ3n) is 4.38. The number of imidazole rings is 2. The van der Waals surface area contributed by atoms with Crippen molar-refractivity contribution in [2.45, 2.75) is 26.7 Å². The number of anilines is 2. The van der Waals surface area contributed by atoms with Gasteiger partial charge in [-0.2, -0.15) is 10.2 Å². The molecule has 2 aromatic heterocycles. The smallest absolute Gasteiger partial charge is 0.222 e. The van der Waals surface area contributed by atoms with E-state index < -0.39 is 0 Å².